The van der Waals surface area contributed by atoms with Gasteiger partial charge < -0.3 is 21.5 Å². The first kappa shape index (κ1) is 21.8. The lowest BCUT2D eigenvalue weighted by Crippen LogP contribution is -2.11. The molecule has 3 aromatic rings. The van der Waals surface area contributed by atoms with E-state index >= 15 is 0 Å². The number of nitrogens with zero attached hydrogens (tertiary/aromatic N) is 1. The molecular weight excluding hydrogens is 395 g/mol. The zero-order valence-electron chi connectivity index (χ0n) is 17.2. The zero-order chi connectivity index (χ0) is 22.4. The summed E-state index contributed by atoms with van der Waals surface area (Å²) in [7, 11) is 0. The van der Waals surface area contributed by atoms with Crippen LogP contribution in [-0.2, 0) is 19.8 Å². The van der Waals surface area contributed by atoms with Crippen LogP contribution in [0.25, 0.3) is 0 Å². The van der Waals surface area contributed by atoms with E-state index in [0.29, 0.717) is 40.2 Å². The predicted molar refractivity (Wildman–Crippen MR) is 120 cm³/mol. The highest BCUT2D eigenvalue weighted by atomic mass is 19.1. The Labute approximate surface area is 180 Å². The summed E-state index contributed by atoms with van der Waals surface area (Å²) in [5, 5.41) is 18.1. The van der Waals surface area contributed by atoms with Crippen LogP contribution in [-0.4, -0.2) is 16.7 Å². The number of pyridine rings is 1. The Morgan fingerprint density at radius 3 is 2.13 bits per heavy atom. The van der Waals surface area contributed by atoms with Gasteiger partial charge in [-0.25, -0.2) is 4.39 Å². The number of hydrogen-bond donors (Lipinski definition) is 5. The Hall–Kier alpha value is -3.94. The third-order valence-electron chi connectivity index (χ3n) is 4.86. The van der Waals surface area contributed by atoms with Gasteiger partial charge in [-0.3, -0.25) is 15.8 Å². The Kier molecular flexibility index (Phi) is 6.81. The lowest BCUT2D eigenvalue weighted by atomic mass is 10.1. The smallest absolute Gasteiger partial charge is 0.147 e. The molecule has 7 nitrogen and oxygen atoms in total. The maximum absolute atomic E-state index is 14.0. The molecule has 8 heteroatoms. The molecule has 0 aliphatic heterocycles. The number of benzene rings is 2. The standard InChI is InChI=1S/C23H25FN6O/c1-14-21(31-13-15-2-4-16(5-3-15)22(25)26)20(10-24)18(11-29-14)12-30-19-8-6-17(7-9-19)23(27)28/h2-9,11,30H,10,12-13H2,1H3,(H3,25,26)(H3,27,28). The third-order valence-corrected chi connectivity index (χ3v) is 4.86. The number of alkyl halides is 1. The minimum absolute atomic E-state index is 0.00311. The van der Waals surface area contributed by atoms with Crippen molar-refractivity contribution in [2.45, 2.75) is 26.7 Å². The van der Waals surface area contributed by atoms with E-state index in [1.165, 1.54) is 0 Å². The molecule has 7 N–H and O–H groups in total. The first-order valence-corrected chi connectivity index (χ1v) is 9.66. The van der Waals surface area contributed by atoms with E-state index in [2.05, 4.69) is 10.3 Å². The Balaban J connectivity index is 1.73. The fourth-order valence-electron chi connectivity index (χ4n) is 3.07. The molecule has 0 saturated carbocycles. The van der Waals surface area contributed by atoms with Crippen molar-refractivity contribution in [2.75, 3.05) is 5.32 Å². The Morgan fingerprint density at radius 1 is 1.00 bits per heavy atom. The van der Waals surface area contributed by atoms with Gasteiger partial charge in [0.25, 0.3) is 0 Å². The number of amidine groups is 2. The van der Waals surface area contributed by atoms with Crippen LogP contribution in [0.1, 0.15) is 33.5 Å². The molecule has 0 amide bonds. The molecule has 0 aliphatic rings. The van der Waals surface area contributed by atoms with Gasteiger partial charge in [-0.05, 0) is 42.3 Å². The molecule has 3 rings (SSSR count). The molecule has 1 aromatic heterocycles. The highest BCUT2D eigenvalue weighted by Crippen LogP contribution is 2.28. The van der Waals surface area contributed by atoms with Crippen LogP contribution in [0.5, 0.6) is 5.75 Å². The average Bonchev–Trinajstić information content (AvgIpc) is 2.77. The number of aryl methyl sites for hydroxylation is 1. The quantitative estimate of drug-likeness (QED) is 0.266. The Bertz CT molecular complexity index is 1080. The van der Waals surface area contributed by atoms with E-state index in [4.69, 9.17) is 27.0 Å². The van der Waals surface area contributed by atoms with Gasteiger partial charge in [-0.2, -0.15) is 0 Å². The highest BCUT2D eigenvalue weighted by Gasteiger charge is 2.14. The van der Waals surface area contributed by atoms with E-state index in [1.807, 2.05) is 24.3 Å². The van der Waals surface area contributed by atoms with E-state index in [9.17, 15) is 4.39 Å². The minimum atomic E-state index is -0.678. The van der Waals surface area contributed by atoms with Crippen LogP contribution in [0, 0.1) is 17.7 Å². The van der Waals surface area contributed by atoms with Gasteiger partial charge in [-0.1, -0.05) is 24.3 Å². The molecule has 1 heterocycles. The van der Waals surface area contributed by atoms with Crippen LogP contribution in [0.15, 0.2) is 54.7 Å². The number of nitrogens with two attached hydrogens (primary N) is 2. The van der Waals surface area contributed by atoms with Crippen LogP contribution >= 0.6 is 0 Å². The van der Waals surface area contributed by atoms with Gasteiger partial charge >= 0.3 is 0 Å². The van der Waals surface area contributed by atoms with Gasteiger partial charge in [0.1, 0.15) is 30.7 Å². The van der Waals surface area contributed by atoms with Crippen molar-refractivity contribution < 1.29 is 9.13 Å². The predicted octanol–water partition coefficient (Wildman–Crippen LogP) is 3.62. The molecule has 0 saturated heterocycles. The van der Waals surface area contributed by atoms with Gasteiger partial charge in [-0.15, -0.1) is 0 Å². The molecule has 160 valence electrons. The van der Waals surface area contributed by atoms with Gasteiger partial charge in [0, 0.05) is 35.1 Å². The highest BCUT2D eigenvalue weighted by molar-refractivity contribution is 5.95. The number of halogens is 1. The molecule has 0 atom stereocenters. The van der Waals surface area contributed by atoms with E-state index < -0.39 is 6.67 Å². The summed E-state index contributed by atoms with van der Waals surface area (Å²) in [6.45, 7) is 1.72. The lowest BCUT2D eigenvalue weighted by molar-refractivity contribution is 0.293. The Morgan fingerprint density at radius 2 is 1.58 bits per heavy atom. The number of nitrogens with one attached hydrogen (secondary N) is 3. The second-order valence-electron chi connectivity index (χ2n) is 7.05. The summed E-state index contributed by atoms with van der Waals surface area (Å²) in [6.07, 6.45) is 1.65. The van der Waals surface area contributed by atoms with Crippen molar-refractivity contribution in [3.05, 3.63) is 88.2 Å². The number of rotatable bonds is 9. The zero-order valence-corrected chi connectivity index (χ0v) is 17.2. The second kappa shape index (κ2) is 9.71. The maximum Gasteiger partial charge on any atom is 0.147 e. The summed E-state index contributed by atoms with van der Waals surface area (Å²) in [6, 6.07) is 14.3. The number of hydrogen-bond acceptors (Lipinski definition) is 5. The van der Waals surface area contributed by atoms with E-state index in [-0.39, 0.29) is 18.3 Å². The van der Waals surface area contributed by atoms with E-state index in [0.717, 1.165) is 11.3 Å². The fraction of sp³-hybridized carbons (Fsp3) is 0.174. The van der Waals surface area contributed by atoms with Crippen molar-refractivity contribution in [3.63, 3.8) is 0 Å². The van der Waals surface area contributed by atoms with Crippen LogP contribution < -0.4 is 21.5 Å². The molecular formula is C23H25FN6O. The number of aromatic nitrogens is 1. The molecule has 31 heavy (non-hydrogen) atoms. The van der Waals surface area contributed by atoms with Crippen molar-refractivity contribution in [1.82, 2.24) is 4.98 Å². The normalized spacial score (nSPS) is 10.5. The van der Waals surface area contributed by atoms with Crippen LogP contribution in [0.2, 0.25) is 0 Å². The number of anilines is 1. The summed E-state index contributed by atoms with van der Waals surface area (Å²) < 4.78 is 19.9. The summed E-state index contributed by atoms with van der Waals surface area (Å²) >= 11 is 0. The van der Waals surface area contributed by atoms with Gasteiger partial charge in [0.05, 0.1) is 5.69 Å². The summed E-state index contributed by atoms with van der Waals surface area (Å²) in [5.74, 6) is 0.444. The monoisotopic (exact) mass is 420 g/mol. The fourth-order valence-corrected chi connectivity index (χ4v) is 3.07. The van der Waals surface area contributed by atoms with Crippen molar-refractivity contribution in [2.24, 2.45) is 11.5 Å². The minimum Gasteiger partial charge on any atom is -0.487 e. The molecule has 0 radical (unpaired) electrons. The summed E-state index contributed by atoms with van der Waals surface area (Å²) in [5.41, 5.74) is 15.7. The largest absolute Gasteiger partial charge is 0.487 e. The van der Waals surface area contributed by atoms with Crippen molar-refractivity contribution in [1.29, 1.82) is 10.8 Å². The first-order chi connectivity index (χ1) is 14.9. The maximum atomic E-state index is 14.0. The third kappa shape index (κ3) is 5.36. The van der Waals surface area contributed by atoms with Crippen molar-refractivity contribution >= 4 is 17.4 Å². The SMILES string of the molecule is Cc1ncc(CNc2ccc(C(=N)N)cc2)c(CF)c1OCc1ccc(C(=N)N)cc1. The van der Waals surface area contributed by atoms with Crippen LogP contribution in [0.4, 0.5) is 10.1 Å². The number of nitrogen functional groups attached to an aromatic ring is 2. The number of ether oxygens (including phenoxy) is 1. The van der Waals surface area contributed by atoms with Crippen molar-refractivity contribution in [3.8, 4) is 5.75 Å². The molecule has 0 bridgehead atoms. The van der Waals surface area contributed by atoms with Gasteiger partial charge in [0.2, 0.25) is 0 Å². The van der Waals surface area contributed by atoms with Gasteiger partial charge in [0.15, 0.2) is 0 Å². The molecule has 0 unspecified atom stereocenters. The molecule has 2 aromatic carbocycles. The molecule has 0 aliphatic carbocycles. The summed E-state index contributed by atoms with van der Waals surface area (Å²) in [4.78, 5) is 4.37. The molecule has 0 fully saturated rings. The lowest BCUT2D eigenvalue weighted by Gasteiger charge is -2.16. The average molecular weight is 420 g/mol. The first-order valence-electron chi connectivity index (χ1n) is 9.66. The van der Waals surface area contributed by atoms with Crippen LogP contribution in [0.3, 0.4) is 0 Å². The topological polar surface area (TPSA) is 134 Å². The second-order valence-corrected chi connectivity index (χ2v) is 7.05. The van der Waals surface area contributed by atoms with E-state index in [1.54, 1.807) is 37.4 Å². The molecule has 0 spiro atoms.